The second-order valence-electron chi connectivity index (χ2n) is 2.50. The molecule has 0 saturated heterocycles. The van der Waals surface area contributed by atoms with Crippen molar-refractivity contribution in [1.29, 1.82) is 0 Å². The van der Waals surface area contributed by atoms with Gasteiger partial charge in [0.05, 0.1) is 13.0 Å². The Bertz CT molecular complexity index is 223. The van der Waals surface area contributed by atoms with Crippen LogP contribution >= 0.6 is 0 Å². The zero-order chi connectivity index (χ0) is 10.3. The average molecular weight is 186 g/mol. The SMILES string of the molecule is CCOC(=O)C/C(C)=N\NC(C)=O. The topological polar surface area (TPSA) is 67.8 Å². The zero-order valence-corrected chi connectivity index (χ0v) is 8.09. The monoisotopic (exact) mass is 186 g/mol. The molecule has 0 unspecified atom stereocenters. The Morgan fingerprint density at radius 3 is 2.46 bits per heavy atom. The molecule has 74 valence electrons. The summed E-state index contributed by atoms with van der Waals surface area (Å²) in [4.78, 5) is 21.3. The molecule has 0 atom stereocenters. The van der Waals surface area contributed by atoms with Crippen LogP contribution in [0, 0.1) is 0 Å². The highest BCUT2D eigenvalue weighted by Crippen LogP contribution is 1.89. The van der Waals surface area contributed by atoms with Crippen LogP contribution in [-0.4, -0.2) is 24.2 Å². The van der Waals surface area contributed by atoms with E-state index >= 15 is 0 Å². The quantitative estimate of drug-likeness (QED) is 0.394. The molecule has 0 heterocycles. The summed E-state index contributed by atoms with van der Waals surface area (Å²) in [5.74, 6) is -0.600. The maximum absolute atomic E-state index is 10.9. The van der Waals surface area contributed by atoms with Crippen LogP contribution in [0.3, 0.4) is 0 Å². The first-order chi connectivity index (χ1) is 6.06. The van der Waals surface area contributed by atoms with E-state index < -0.39 is 0 Å². The van der Waals surface area contributed by atoms with Crippen molar-refractivity contribution in [3.63, 3.8) is 0 Å². The maximum Gasteiger partial charge on any atom is 0.311 e. The third-order valence-electron chi connectivity index (χ3n) is 1.11. The van der Waals surface area contributed by atoms with Crippen molar-refractivity contribution in [1.82, 2.24) is 5.43 Å². The van der Waals surface area contributed by atoms with Gasteiger partial charge in [0.15, 0.2) is 0 Å². The van der Waals surface area contributed by atoms with Gasteiger partial charge in [-0.3, -0.25) is 9.59 Å². The van der Waals surface area contributed by atoms with Gasteiger partial charge in [-0.25, -0.2) is 5.43 Å². The van der Waals surface area contributed by atoms with E-state index in [1.165, 1.54) is 6.92 Å². The first-order valence-electron chi connectivity index (χ1n) is 4.01. The van der Waals surface area contributed by atoms with E-state index in [0.29, 0.717) is 12.3 Å². The van der Waals surface area contributed by atoms with Crippen LogP contribution in [0.5, 0.6) is 0 Å². The summed E-state index contributed by atoms with van der Waals surface area (Å²) < 4.78 is 4.69. The van der Waals surface area contributed by atoms with Crippen molar-refractivity contribution >= 4 is 17.6 Å². The number of esters is 1. The summed E-state index contributed by atoms with van der Waals surface area (Å²) >= 11 is 0. The molecular formula is C8H14N2O3. The Labute approximate surface area is 77.1 Å². The van der Waals surface area contributed by atoms with Crippen molar-refractivity contribution in [2.45, 2.75) is 27.2 Å². The van der Waals surface area contributed by atoms with Crippen molar-refractivity contribution in [2.24, 2.45) is 5.10 Å². The van der Waals surface area contributed by atoms with Gasteiger partial charge in [-0.2, -0.15) is 5.10 Å². The highest BCUT2D eigenvalue weighted by atomic mass is 16.5. The van der Waals surface area contributed by atoms with E-state index in [0.717, 1.165) is 0 Å². The van der Waals surface area contributed by atoms with Crippen LogP contribution in [0.1, 0.15) is 27.2 Å². The molecule has 1 N–H and O–H groups in total. The van der Waals surface area contributed by atoms with Gasteiger partial charge < -0.3 is 4.74 Å². The third-order valence-corrected chi connectivity index (χ3v) is 1.11. The lowest BCUT2D eigenvalue weighted by atomic mass is 10.3. The molecule has 0 radical (unpaired) electrons. The number of hydrogen-bond donors (Lipinski definition) is 1. The van der Waals surface area contributed by atoms with E-state index in [1.807, 2.05) is 0 Å². The van der Waals surface area contributed by atoms with Crippen molar-refractivity contribution in [3.05, 3.63) is 0 Å². The smallest absolute Gasteiger partial charge is 0.311 e. The minimum atomic E-state index is -0.339. The normalized spacial score (nSPS) is 10.8. The van der Waals surface area contributed by atoms with Crippen LogP contribution in [-0.2, 0) is 14.3 Å². The number of amides is 1. The fourth-order valence-corrected chi connectivity index (χ4v) is 0.635. The van der Waals surface area contributed by atoms with Crippen LogP contribution in [0.15, 0.2) is 5.10 Å². The molecule has 5 heteroatoms. The van der Waals surface area contributed by atoms with Gasteiger partial charge in [0.25, 0.3) is 0 Å². The summed E-state index contributed by atoms with van der Waals surface area (Å²) in [5, 5.41) is 3.66. The predicted molar refractivity (Wildman–Crippen MR) is 48.2 cm³/mol. The summed E-state index contributed by atoms with van der Waals surface area (Å²) in [7, 11) is 0. The molecule has 0 aromatic carbocycles. The van der Waals surface area contributed by atoms with E-state index in [2.05, 4.69) is 15.3 Å². The number of ether oxygens (including phenoxy) is 1. The van der Waals surface area contributed by atoms with Crippen molar-refractivity contribution in [3.8, 4) is 0 Å². The second-order valence-corrected chi connectivity index (χ2v) is 2.50. The van der Waals surface area contributed by atoms with Crippen molar-refractivity contribution in [2.75, 3.05) is 6.61 Å². The molecule has 0 spiro atoms. The van der Waals surface area contributed by atoms with E-state index in [1.54, 1.807) is 13.8 Å². The highest BCUT2D eigenvalue weighted by molar-refractivity contribution is 5.97. The zero-order valence-electron chi connectivity index (χ0n) is 8.09. The fraction of sp³-hybridized carbons (Fsp3) is 0.625. The molecule has 13 heavy (non-hydrogen) atoms. The number of nitrogens with zero attached hydrogens (tertiary/aromatic N) is 1. The molecule has 0 aliphatic heterocycles. The second kappa shape index (κ2) is 6.16. The minimum absolute atomic E-state index is 0.105. The van der Waals surface area contributed by atoms with Gasteiger partial charge in [-0.1, -0.05) is 0 Å². The van der Waals surface area contributed by atoms with Gasteiger partial charge in [-0.05, 0) is 13.8 Å². The average Bonchev–Trinajstić information content (AvgIpc) is 2.01. The first kappa shape index (κ1) is 11.6. The van der Waals surface area contributed by atoms with Crippen LogP contribution in [0.25, 0.3) is 0 Å². The number of carbonyl (C=O) groups excluding carboxylic acids is 2. The van der Waals surface area contributed by atoms with Gasteiger partial charge >= 0.3 is 5.97 Å². The molecule has 0 aromatic rings. The largest absolute Gasteiger partial charge is 0.466 e. The van der Waals surface area contributed by atoms with Gasteiger partial charge in [-0.15, -0.1) is 0 Å². The summed E-state index contributed by atoms with van der Waals surface area (Å²) in [5.41, 5.74) is 2.76. The number of rotatable bonds is 4. The van der Waals surface area contributed by atoms with E-state index in [-0.39, 0.29) is 18.3 Å². The number of carbonyl (C=O) groups is 2. The molecule has 0 rings (SSSR count). The molecule has 0 aromatic heterocycles. The molecular weight excluding hydrogens is 172 g/mol. The fourth-order valence-electron chi connectivity index (χ4n) is 0.635. The molecule has 0 aliphatic rings. The third kappa shape index (κ3) is 6.99. The minimum Gasteiger partial charge on any atom is -0.466 e. The van der Waals surface area contributed by atoms with E-state index in [9.17, 15) is 9.59 Å². The predicted octanol–water partition coefficient (Wildman–Crippen LogP) is 0.452. The summed E-state index contributed by atoms with van der Waals surface area (Å²) in [6.45, 7) is 5.08. The lowest BCUT2D eigenvalue weighted by Gasteiger charge is -2.00. The molecule has 0 bridgehead atoms. The Morgan fingerprint density at radius 1 is 1.38 bits per heavy atom. The summed E-state index contributed by atoms with van der Waals surface area (Å²) in [6.07, 6.45) is 0.105. The Balaban J connectivity index is 3.84. The maximum atomic E-state index is 10.9. The van der Waals surface area contributed by atoms with Gasteiger partial charge in [0.1, 0.15) is 0 Å². The number of nitrogens with one attached hydrogen (secondary N) is 1. The Morgan fingerprint density at radius 2 is 2.00 bits per heavy atom. The van der Waals surface area contributed by atoms with Crippen molar-refractivity contribution < 1.29 is 14.3 Å². The Kier molecular flexibility index (Phi) is 5.50. The van der Waals surface area contributed by atoms with Crippen LogP contribution in [0.4, 0.5) is 0 Å². The molecule has 0 aliphatic carbocycles. The molecule has 5 nitrogen and oxygen atoms in total. The number of hydrazone groups is 1. The highest BCUT2D eigenvalue weighted by Gasteiger charge is 2.03. The lowest BCUT2D eigenvalue weighted by Crippen LogP contribution is -2.17. The van der Waals surface area contributed by atoms with Crippen LogP contribution in [0.2, 0.25) is 0 Å². The lowest BCUT2D eigenvalue weighted by molar-refractivity contribution is -0.141. The number of hydrogen-bond acceptors (Lipinski definition) is 4. The summed E-state index contributed by atoms with van der Waals surface area (Å²) in [6, 6.07) is 0. The van der Waals surface area contributed by atoms with Gasteiger partial charge in [0.2, 0.25) is 5.91 Å². The first-order valence-corrected chi connectivity index (χ1v) is 4.01. The van der Waals surface area contributed by atoms with E-state index in [4.69, 9.17) is 0 Å². The Hall–Kier alpha value is -1.39. The standard InChI is InChI=1S/C8H14N2O3/c1-4-13-8(12)5-6(2)9-10-7(3)11/h4-5H2,1-3H3,(H,10,11)/b9-6-. The molecule has 0 fully saturated rings. The van der Waals surface area contributed by atoms with Gasteiger partial charge in [0, 0.05) is 12.6 Å². The molecule has 0 saturated carbocycles. The van der Waals surface area contributed by atoms with Crippen LogP contribution < -0.4 is 5.43 Å². The molecule has 1 amide bonds.